The highest BCUT2D eigenvalue weighted by Crippen LogP contribution is 2.31. The van der Waals surface area contributed by atoms with Crippen LogP contribution in [0.25, 0.3) is 0 Å². The lowest BCUT2D eigenvalue weighted by Crippen LogP contribution is -2.21. The van der Waals surface area contributed by atoms with Gasteiger partial charge in [0, 0.05) is 42.6 Å². The highest BCUT2D eigenvalue weighted by atomic mass is 35.7. The lowest BCUT2D eigenvalue weighted by atomic mass is 10.2. The van der Waals surface area contributed by atoms with Crippen LogP contribution in [-0.4, -0.2) is 35.4 Å². The largest absolute Gasteiger partial charge is 0.466 e. The average molecular weight is 308 g/mol. The summed E-state index contributed by atoms with van der Waals surface area (Å²) in [6.45, 7) is 5.62. The molecule has 7 heteroatoms. The van der Waals surface area contributed by atoms with E-state index >= 15 is 0 Å². The number of nitrogens with zero attached hydrogens (tertiary/aromatic N) is 1. The number of rotatable bonds is 7. The van der Waals surface area contributed by atoms with Gasteiger partial charge in [0.25, 0.3) is 9.05 Å². The van der Waals surface area contributed by atoms with Crippen molar-refractivity contribution in [1.82, 2.24) is 0 Å². The van der Waals surface area contributed by atoms with Gasteiger partial charge in [0.15, 0.2) is 6.79 Å². The number of halogens is 1. The molecule has 0 aromatic heterocycles. The quantitative estimate of drug-likeness (QED) is 0.572. The molecule has 0 bridgehead atoms. The molecule has 1 rings (SSSR count). The van der Waals surface area contributed by atoms with Crippen LogP contribution in [0.5, 0.6) is 5.75 Å². The second kappa shape index (κ2) is 6.98. The van der Waals surface area contributed by atoms with Gasteiger partial charge in [0.05, 0.1) is 0 Å². The van der Waals surface area contributed by atoms with Crippen LogP contribution < -0.4 is 9.64 Å². The molecule has 0 spiro atoms. The predicted octanol–water partition coefficient (Wildman–Crippen LogP) is 2.44. The van der Waals surface area contributed by atoms with Crippen LogP contribution in [-0.2, 0) is 13.8 Å². The molecule has 5 nitrogen and oxygen atoms in total. The van der Waals surface area contributed by atoms with Crippen molar-refractivity contribution in [1.29, 1.82) is 0 Å². The molecule has 0 aliphatic heterocycles. The van der Waals surface area contributed by atoms with Gasteiger partial charge < -0.3 is 14.4 Å². The molecule has 0 radical (unpaired) electrons. The van der Waals surface area contributed by atoms with Crippen molar-refractivity contribution >= 4 is 25.4 Å². The molecule has 19 heavy (non-hydrogen) atoms. The number of hydrogen-bond acceptors (Lipinski definition) is 5. The first-order valence-electron chi connectivity index (χ1n) is 5.89. The fourth-order valence-electron chi connectivity index (χ4n) is 1.72. The van der Waals surface area contributed by atoms with Gasteiger partial charge in [0.2, 0.25) is 0 Å². The fraction of sp³-hybridized carbons (Fsp3) is 0.500. The maximum Gasteiger partial charge on any atom is 0.264 e. The van der Waals surface area contributed by atoms with E-state index in [1.54, 1.807) is 12.1 Å². The highest BCUT2D eigenvalue weighted by molar-refractivity contribution is 8.13. The van der Waals surface area contributed by atoms with Crippen molar-refractivity contribution in [2.24, 2.45) is 0 Å². The SMILES string of the molecule is CCN(CC)c1ccc(S(=O)(=O)Cl)c(OCOC)c1. The standard InChI is InChI=1S/C12H18ClNO4S/c1-4-14(5-2)10-6-7-12(19(13,15)16)11(8-10)18-9-17-3/h6-8H,4-5,9H2,1-3H3. The zero-order valence-corrected chi connectivity index (χ0v) is 12.8. The number of ether oxygens (including phenoxy) is 2. The minimum Gasteiger partial charge on any atom is -0.466 e. The Morgan fingerprint density at radius 3 is 2.37 bits per heavy atom. The maximum absolute atomic E-state index is 11.5. The van der Waals surface area contributed by atoms with E-state index < -0.39 is 9.05 Å². The van der Waals surface area contributed by atoms with Gasteiger partial charge in [-0.25, -0.2) is 8.42 Å². The molecule has 0 aliphatic rings. The topological polar surface area (TPSA) is 55.8 Å². The minimum atomic E-state index is -3.85. The van der Waals surface area contributed by atoms with Crippen molar-refractivity contribution < 1.29 is 17.9 Å². The Labute approximate surface area is 118 Å². The van der Waals surface area contributed by atoms with Crippen LogP contribution in [0.2, 0.25) is 0 Å². The summed E-state index contributed by atoms with van der Waals surface area (Å²) < 4.78 is 33.0. The van der Waals surface area contributed by atoms with Gasteiger partial charge >= 0.3 is 0 Å². The van der Waals surface area contributed by atoms with Crippen LogP contribution in [0.15, 0.2) is 23.1 Å². The van der Waals surface area contributed by atoms with Crippen molar-refractivity contribution in [3.8, 4) is 5.75 Å². The summed E-state index contributed by atoms with van der Waals surface area (Å²) in [6, 6.07) is 4.81. The molecule has 0 unspecified atom stereocenters. The fourth-order valence-corrected chi connectivity index (χ4v) is 2.69. The Morgan fingerprint density at radius 1 is 1.26 bits per heavy atom. The first-order valence-corrected chi connectivity index (χ1v) is 8.20. The minimum absolute atomic E-state index is 0.0406. The third-order valence-electron chi connectivity index (χ3n) is 2.65. The summed E-state index contributed by atoms with van der Waals surface area (Å²) in [4.78, 5) is 2.02. The lowest BCUT2D eigenvalue weighted by Gasteiger charge is -2.22. The lowest BCUT2D eigenvalue weighted by molar-refractivity contribution is 0.0491. The van der Waals surface area contributed by atoms with Gasteiger partial charge in [-0.05, 0) is 26.0 Å². The molecular weight excluding hydrogens is 290 g/mol. The Hall–Kier alpha value is -0.980. The molecular formula is C12H18ClNO4S. The van der Waals surface area contributed by atoms with Gasteiger partial charge in [0.1, 0.15) is 10.6 Å². The third-order valence-corrected chi connectivity index (χ3v) is 4.01. The molecule has 0 N–H and O–H groups in total. The van der Waals surface area contributed by atoms with E-state index in [2.05, 4.69) is 4.90 Å². The Morgan fingerprint density at radius 2 is 1.89 bits per heavy atom. The molecule has 0 amide bonds. The molecule has 108 valence electrons. The van der Waals surface area contributed by atoms with E-state index in [1.165, 1.54) is 13.2 Å². The first kappa shape index (κ1) is 16.1. The predicted molar refractivity (Wildman–Crippen MR) is 75.5 cm³/mol. The number of anilines is 1. The van der Waals surface area contributed by atoms with Gasteiger partial charge in [-0.3, -0.25) is 0 Å². The molecule has 0 fully saturated rings. The molecule has 0 saturated heterocycles. The average Bonchev–Trinajstić information content (AvgIpc) is 2.36. The molecule has 0 aliphatic carbocycles. The molecule has 0 saturated carbocycles. The van der Waals surface area contributed by atoms with Crippen molar-refractivity contribution in [2.75, 3.05) is 31.9 Å². The second-order valence-corrected chi connectivity index (χ2v) is 6.33. The van der Waals surface area contributed by atoms with Crippen LogP contribution in [0, 0.1) is 0 Å². The van der Waals surface area contributed by atoms with E-state index in [0.29, 0.717) is 0 Å². The summed E-state index contributed by atoms with van der Waals surface area (Å²) in [5, 5.41) is 0. The zero-order valence-electron chi connectivity index (χ0n) is 11.2. The van der Waals surface area contributed by atoms with Crippen LogP contribution in [0.3, 0.4) is 0 Å². The number of methoxy groups -OCH3 is 1. The third kappa shape index (κ3) is 4.26. The van der Waals surface area contributed by atoms with E-state index in [0.717, 1.165) is 18.8 Å². The van der Waals surface area contributed by atoms with Crippen LogP contribution in [0.1, 0.15) is 13.8 Å². The Kier molecular flexibility index (Phi) is 5.90. The highest BCUT2D eigenvalue weighted by Gasteiger charge is 2.18. The van der Waals surface area contributed by atoms with Gasteiger partial charge in [-0.2, -0.15) is 0 Å². The molecule has 0 heterocycles. The maximum atomic E-state index is 11.5. The van der Waals surface area contributed by atoms with E-state index in [4.69, 9.17) is 20.2 Å². The van der Waals surface area contributed by atoms with E-state index in [-0.39, 0.29) is 17.4 Å². The Balaban J connectivity index is 3.22. The van der Waals surface area contributed by atoms with E-state index in [9.17, 15) is 8.42 Å². The monoisotopic (exact) mass is 307 g/mol. The van der Waals surface area contributed by atoms with Gasteiger partial charge in [-0.15, -0.1) is 0 Å². The van der Waals surface area contributed by atoms with Crippen molar-refractivity contribution in [3.05, 3.63) is 18.2 Å². The number of hydrogen-bond donors (Lipinski definition) is 0. The Bertz CT molecular complexity index is 514. The second-order valence-electron chi connectivity index (χ2n) is 3.79. The summed E-state index contributed by atoms with van der Waals surface area (Å²) in [6.07, 6.45) is 0. The normalized spacial score (nSPS) is 11.4. The van der Waals surface area contributed by atoms with Crippen molar-refractivity contribution in [2.45, 2.75) is 18.7 Å². The van der Waals surface area contributed by atoms with E-state index in [1.807, 2.05) is 13.8 Å². The zero-order chi connectivity index (χ0) is 14.5. The molecule has 0 atom stereocenters. The van der Waals surface area contributed by atoms with Crippen molar-refractivity contribution in [3.63, 3.8) is 0 Å². The van der Waals surface area contributed by atoms with Crippen LogP contribution in [0.4, 0.5) is 5.69 Å². The first-order chi connectivity index (χ1) is 8.93. The van der Waals surface area contributed by atoms with Gasteiger partial charge in [-0.1, -0.05) is 0 Å². The smallest absolute Gasteiger partial charge is 0.264 e. The van der Waals surface area contributed by atoms with Crippen LogP contribution >= 0.6 is 10.7 Å². The molecule has 1 aromatic carbocycles. The number of benzene rings is 1. The summed E-state index contributed by atoms with van der Waals surface area (Å²) in [5.74, 6) is 0.196. The summed E-state index contributed by atoms with van der Waals surface area (Å²) in [5.41, 5.74) is 0.875. The summed E-state index contributed by atoms with van der Waals surface area (Å²) >= 11 is 0. The molecule has 1 aromatic rings. The summed E-state index contributed by atoms with van der Waals surface area (Å²) in [7, 11) is 2.99.